The van der Waals surface area contributed by atoms with Crippen LogP contribution in [0.4, 0.5) is 10.5 Å². The maximum absolute atomic E-state index is 12.3. The first-order valence-corrected chi connectivity index (χ1v) is 8.09. The molecule has 2 aromatic carbocycles. The van der Waals surface area contributed by atoms with Crippen LogP contribution >= 0.6 is 0 Å². The minimum absolute atomic E-state index is 0.0297. The number of nitrogens with zero attached hydrogens (tertiary/aromatic N) is 2. The summed E-state index contributed by atoms with van der Waals surface area (Å²) in [4.78, 5) is 12.3. The summed E-state index contributed by atoms with van der Waals surface area (Å²) in [5.74, 6) is 0. The molecule has 0 aliphatic carbocycles. The number of urea groups is 1. The van der Waals surface area contributed by atoms with Gasteiger partial charge in [0.1, 0.15) is 0 Å². The molecule has 0 fully saturated rings. The fourth-order valence-electron chi connectivity index (χ4n) is 2.88. The number of carbonyl (C=O) groups is 1. The molecule has 0 aliphatic rings. The lowest BCUT2D eigenvalue weighted by atomic mass is 10.1. The molecular formula is C19H22N4O. The number of aryl methyl sites for hydroxylation is 2. The van der Waals surface area contributed by atoms with E-state index < -0.39 is 0 Å². The van der Waals surface area contributed by atoms with E-state index >= 15 is 0 Å². The SMILES string of the molecule is Cc1cc(C)n(C[C@H](C)NC(=O)Nc2cccc3ccccc23)n1. The van der Waals surface area contributed by atoms with Crippen molar-refractivity contribution in [2.45, 2.75) is 33.4 Å². The van der Waals surface area contributed by atoms with Crippen LogP contribution in [0.1, 0.15) is 18.3 Å². The Morgan fingerprint density at radius 1 is 1.17 bits per heavy atom. The Kier molecular flexibility index (Phi) is 4.51. The molecule has 0 saturated carbocycles. The van der Waals surface area contributed by atoms with Gasteiger partial charge < -0.3 is 10.6 Å². The van der Waals surface area contributed by atoms with E-state index in [-0.39, 0.29) is 12.1 Å². The molecule has 0 saturated heterocycles. The number of nitrogens with one attached hydrogen (secondary N) is 2. The topological polar surface area (TPSA) is 59.0 Å². The van der Waals surface area contributed by atoms with E-state index in [1.165, 1.54) is 0 Å². The maximum atomic E-state index is 12.3. The lowest BCUT2D eigenvalue weighted by molar-refractivity contribution is 0.247. The Morgan fingerprint density at radius 2 is 1.92 bits per heavy atom. The van der Waals surface area contributed by atoms with E-state index in [1.54, 1.807) is 0 Å². The fourth-order valence-corrected chi connectivity index (χ4v) is 2.88. The highest BCUT2D eigenvalue weighted by atomic mass is 16.2. The second-order valence-electron chi connectivity index (χ2n) is 6.14. The van der Waals surface area contributed by atoms with Gasteiger partial charge in [0.2, 0.25) is 0 Å². The molecule has 0 bridgehead atoms. The van der Waals surface area contributed by atoms with Crippen LogP contribution in [0.5, 0.6) is 0 Å². The molecule has 1 heterocycles. The number of carbonyl (C=O) groups excluding carboxylic acids is 1. The molecule has 3 rings (SSSR count). The van der Waals surface area contributed by atoms with Gasteiger partial charge in [-0.1, -0.05) is 36.4 Å². The van der Waals surface area contributed by atoms with E-state index in [0.29, 0.717) is 6.54 Å². The molecule has 5 nitrogen and oxygen atoms in total. The van der Waals surface area contributed by atoms with E-state index in [0.717, 1.165) is 27.8 Å². The van der Waals surface area contributed by atoms with Crippen LogP contribution in [-0.4, -0.2) is 21.9 Å². The number of benzene rings is 2. The largest absolute Gasteiger partial charge is 0.334 e. The summed E-state index contributed by atoms with van der Waals surface area (Å²) in [6.45, 7) is 6.60. The van der Waals surface area contributed by atoms with Crippen LogP contribution in [0.25, 0.3) is 10.8 Å². The van der Waals surface area contributed by atoms with Crippen LogP contribution in [0.3, 0.4) is 0 Å². The van der Waals surface area contributed by atoms with Crippen LogP contribution in [0.15, 0.2) is 48.5 Å². The first-order valence-electron chi connectivity index (χ1n) is 8.09. The first-order chi connectivity index (χ1) is 11.5. The van der Waals surface area contributed by atoms with Crippen LogP contribution < -0.4 is 10.6 Å². The van der Waals surface area contributed by atoms with E-state index in [9.17, 15) is 4.79 Å². The second-order valence-corrected chi connectivity index (χ2v) is 6.14. The first kappa shape index (κ1) is 16.1. The van der Waals surface area contributed by atoms with Crippen molar-refractivity contribution in [1.82, 2.24) is 15.1 Å². The minimum Gasteiger partial charge on any atom is -0.334 e. The normalized spacial score (nSPS) is 12.1. The average molecular weight is 322 g/mol. The van der Waals surface area contributed by atoms with Gasteiger partial charge in [-0.25, -0.2) is 4.79 Å². The molecule has 24 heavy (non-hydrogen) atoms. The van der Waals surface area contributed by atoms with Crippen molar-refractivity contribution in [3.05, 3.63) is 59.9 Å². The van der Waals surface area contributed by atoms with Crippen molar-refractivity contribution >= 4 is 22.5 Å². The molecule has 5 heteroatoms. The van der Waals surface area contributed by atoms with Gasteiger partial charge in [-0.05, 0) is 38.3 Å². The highest BCUT2D eigenvalue weighted by Crippen LogP contribution is 2.22. The Balaban J connectivity index is 1.65. The molecule has 0 spiro atoms. The standard InChI is InChI=1S/C19H22N4O/c1-13-11-15(3)23(22-13)12-14(2)20-19(24)21-18-10-6-8-16-7-4-5-9-17(16)18/h4-11,14H,12H2,1-3H3,(H2,20,21,24)/t14-/m0/s1. The lowest BCUT2D eigenvalue weighted by Gasteiger charge is -2.16. The maximum Gasteiger partial charge on any atom is 0.319 e. The third-order valence-corrected chi connectivity index (χ3v) is 3.97. The molecule has 0 unspecified atom stereocenters. The predicted molar refractivity (Wildman–Crippen MR) is 97.3 cm³/mol. The minimum atomic E-state index is -0.208. The molecule has 0 radical (unpaired) electrons. The summed E-state index contributed by atoms with van der Waals surface area (Å²) in [6, 6.07) is 15.7. The van der Waals surface area contributed by atoms with E-state index in [4.69, 9.17) is 0 Å². The number of hydrogen-bond acceptors (Lipinski definition) is 2. The number of fused-ring (bicyclic) bond motifs is 1. The van der Waals surface area contributed by atoms with Crippen molar-refractivity contribution < 1.29 is 4.79 Å². The molecule has 3 aromatic rings. The Labute approximate surface area is 141 Å². The molecule has 0 aliphatic heterocycles. The van der Waals surface area contributed by atoms with Gasteiger partial charge in [-0.15, -0.1) is 0 Å². The summed E-state index contributed by atoms with van der Waals surface area (Å²) < 4.78 is 1.91. The molecule has 1 atom stereocenters. The number of amides is 2. The van der Waals surface area contributed by atoms with Gasteiger partial charge in [0.25, 0.3) is 0 Å². The molecule has 2 amide bonds. The van der Waals surface area contributed by atoms with Gasteiger partial charge in [0.15, 0.2) is 0 Å². The Morgan fingerprint density at radius 3 is 2.67 bits per heavy atom. The number of rotatable bonds is 4. The summed E-state index contributed by atoms with van der Waals surface area (Å²) in [5.41, 5.74) is 2.89. The summed E-state index contributed by atoms with van der Waals surface area (Å²) in [6.07, 6.45) is 0. The summed E-state index contributed by atoms with van der Waals surface area (Å²) in [5, 5.41) is 12.5. The van der Waals surface area contributed by atoms with Crippen LogP contribution in [0.2, 0.25) is 0 Å². The number of aromatic nitrogens is 2. The third kappa shape index (κ3) is 3.56. The smallest absolute Gasteiger partial charge is 0.319 e. The monoisotopic (exact) mass is 322 g/mol. The number of hydrogen-bond donors (Lipinski definition) is 2. The van der Waals surface area contributed by atoms with Gasteiger partial charge in [0.05, 0.1) is 17.9 Å². The lowest BCUT2D eigenvalue weighted by Crippen LogP contribution is -2.39. The molecule has 124 valence electrons. The second kappa shape index (κ2) is 6.74. The van der Waals surface area contributed by atoms with E-state index in [1.807, 2.05) is 74.0 Å². The van der Waals surface area contributed by atoms with Gasteiger partial charge in [-0.3, -0.25) is 4.68 Å². The number of anilines is 1. The molecule has 1 aromatic heterocycles. The quantitative estimate of drug-likeness (QED) is 0.766. The van der Waals surface area contributed by atoms with Crippen LogP contribution in [-0.2, 0) is 6.54 Å². The zero-order chi connectivity index (χ0) is 17.1. The van der Waals surface area contributed by atoms with Crippen molar-refractivity contribution in [3.63, 3.8) is 0 Å². The summed E-state index contributed by atoms with van der Waals surface area (Å²) in [7, 11) is 0. The predicted octanol–water partition coefficient (Wildman–Crippen LogP) is 3.86. The zero-order valence-electron chi connectivity index (χ0n) is 14.2. The van der Waals surface area contributed by atoms with Gasteiger partial charge in [-0.2, -0.15) is 5.10 Å². The Bertz CT molecular complexity index is 863. The summed E-state index contributed by atoms with van der Waals surface area (Å²) >= 11 is 0. The fraction of sp³-hybridized carbons (Fsp3) is 0.263. The van der Waals surface area contributed by atoms with Gasteiger partial charge >= 0.3 is 6.03 Å². The molecular weight excluding hydrogens is 300 g/mol. The van der Waals surface area contributed by atoms with Crippen LogP contribution in [0, 0.1) is 13.8 Å². The average Bonchev–Trinajstić information content (AvgIpc) is 2.85. The van der Waals surface area contributed by atoms with Crippen molar-refractivity contribution in [3.8, 4) is 0 Å². The van der Waals surface area contributed by atoms with Crippen molar-refractivity contribution in [2.24, 2.45) is 0 Å². The zero-order valence-corrected chi connectivity index (χ0v) is 14.2. The molecule has 2 N–H and O–H groups in total. The van der Waals surface area contributed by atoms with Crippen molar-refractivity contribution in [1.29, 1.82) is 0 Å². The highest BCUT2D eigenvalue weighted by molar-refractivity contribution is 6.01. The van der Waals surface area contributed by atoms with Gasteiger partial charge in [0, 0.05) is 17.1 Å². The highest BCUT2D eigenvalue weighted by Gasteiger charge is 2.11. The van der Waals surface area contributed by atoms with Crippen molar-refractivity contribution in [2.75, 3.05) is 5.32 Å². The Hall–Kier alpha value is -2.82. The third-order valence-electron chi connectivity index (χ3n) is 3.97. The van der Waals surface area contributed by atoms with E-state index in [2.05, 4.69) is 15.7 Å².